The fourth-order valence-corrected chi connectivity index (χ4v) is 3.36. The molecule has 1 saturated heterocycles. The van der Waals surface area contributed by atoms with E-state index >= 15 is 0 Å². The van der Waals surface area contributed by atoms with E-state index in [9.17, 15) is 9.59 Å². The molecule has 0 bridgehead atoms. The van der Waals surface area contributed by atoms with Crippen molar-refractivity contribution in [3.8, 4) is 0 Å². The molecule has 1 aliphatic carbocycles. The van der Waals surface area contributed by atoms with Crippen LogP contribution in [-0.4, -0.2) is 60.3 Å². The summed E-state index contributed by atoms with van der Waals surface area (Å²) in [7, 11) is 3.94. The maximum absolute atomic E-state index is 12.2. The van der Waals surface area contributed by atoms with Crippen molar-refractivity contribution in [2.24, 2.45) is 0 Å². The van der Waals surface area contributed by atoms with Crippen molar-refractivity contribution < 1.29 is 9.59 Å². The molecule has 0 amide bonds. The smallest absolute Gasteiger partial charge is 0.197 e. The summed E-state index contributed by atoms with van der Waals surface area (Å²) in [6.07, 6.45) is 1.46. The van der Waals surface area contributed by atoms with E-state index in [1.807, 2.05) is 25.9 Å². The second kappa shape index (κ2) is 5.42. The normalized spacial score (nSPS) is 31.6. The average Bonchev–Trinajstić information content (AvgIpc) is 2.67. The molecule has 0 radical (unpaired) electrons. The minimum atomic E-state index is -0.357. The predicted molar refractivity (Wildman–Crippen MR) is 72.4 cm³/mol. The third-order valence-corrected chi connectivity index (χ3v) is 4.40. The molecule has 1 heterocycles. The number of hydrogen-bond donors (Lipinski definition) is 2. The highest BCUT2D eigenvalue weighted by Gasteiger charge is 2.44. The van der Waals surface area contributed by atoms with E-state index in [2.05, 4.69) is 10.6 Å². The number of carbonyl (C=O) groups excluding carboxylic acids is 2. The van der Waals surface area contributed by atoms with Gasteiger partial charge in [0.1, 0.15) is 0 Å². The van der Waals surface area contributed by atoms with Crippen molar-refractivity contribution in [3.63, 3.8) is 0 Å². The maximum Gasteiger partial charge on any atom is 0.197 e. The summed E-state index contributed by atoms with van der Waals surface area (Å²) in [5.74, 6) is 0.0454. The van der Waals surface area contributed by atoms with E-state index in [1.165, 1.54) is 17.8 Å². The van der Waals surface area contributed by atoms with E-state index in [1.54, 1.807) is 0 Å². The predicted octanol–water partition coefficient (Wildman–Crippen LogP) is -0.407. The first kappa shape index (κ1) is 13.6. The lowest BCUT2D eigenvalue weighted by molar-refractivity contribution is -0.123. The van der Waals surface area contributed by atoms with Crippen LogP contribution in [0.25, 0.3) is 0 Å². The van der Waals surface area contributed by atoms with Crippen LogP contribution in [0.15, 0.2) is 11.8 Å². The standard InChI is InChI=1S/C12H19N3O2S/c1-7-14-10-11(17)8(13-4-5-15(2)3)6-9(16)12(10)18-7/h6-7,10,12-14H,4-5H2,1-3H3. The Morgan fingerprint density at radius 1 is 1.44 bits per heavy atom. The second-order valence-corrected chi connectivity index (χ2v) is 6.39. The van der Waals surface area contributed by atoms with Gasteiger partial charge in [-0.3, -0.25) is 14.9 Å². The Bertz CT molecular complexity index is 395. The molecule has 6 heteroatoms. The van der Waals surface area contributed by atoms with Gasteiger partial charge in [0.2, 0.25) is 0 Å². The molecule has 0 aromatic carbocycles. The summed E-state index contributed by atoms with van der Waals surface area (Å²) in [5, 5.41) is 6.14. The summed E-state index contributed by atoms with van der Waals surface area (Å²) in [4.78, 5) is 26.2. The van der Waals surface area contributed by atoms with Crippen LogP contribution in [0.2, 0.25) is 0 Å². The van der Waals surface area contributed by atoms with Gasteiger partial charge >= 0.3 is 0 Å². The first-order valence-corrected chi connectivity index (χ1v) is 7.03. The van der Waals surface area contributed by atoms with Crippen molar-refractivity contribution in [1.82, 2.24) is 15.5 Å². The van der Waals surface area contributed by atoms with Crippen LogP contribution in [-0.2, 0) is 9.59 Å². The van der Waals surface area contributed by atoms with Crippen molar-refractivity contribution in [2.75, 3.05) is 27.2 Å². The number of nitrogens with one attached hydrogen (secondary N) is 2. The number of likely N-dealkylation sites (N-methyl/N-ethyl adjacent to an activating group) is 1. The first-order chi connectivity index (χ1) is 8.49. The highest BCUT2D eigenvalue weighted by Crippen LogP contribution is 2.32. The zero-order valence-corrected chi connectivity index (χ0v) is 11.7. The molecule has 0 aromatic heterocycles. The highest BCUT2D eigenvalue weighted by molar-refractivity contribution is 8.01. The number of Topliss-reactive ketones (excluding diaryl/α,β-unsaturated/α-hetero) is 1. The van der Waals surface area contributed by atoms with Crippen molar-refractivity contribution in [3.05, 3.63) is 11.8 Å². The quantitative estimate of drug-likeness (QED) is 0.724. The Morgan fingerprint density at radius 3 is 2.83 bits per heavy atom. The molecule has 0 aromatic rings. The third-order valence-electron chi connectivity index (χ3n) is 3.06. The minimum Gasteiger partial charge on any atom is -0.381 e. The van der Waals surface area contributed by atoms with Gasteiger partial charge in [-0.05, 0) is 21.0 Å². The van der Waals surface area contributed by atoms with E-state index in [0.29, 0.717) is 12.2 Å². The minimum absolute atomic E-state index is 0.00945. The van der Waals surface area contributed by atoms with E-state index in [0.717, 1.165) is 6.54 Å². The lowest BCUT2D eigenvalue weighted by Crippen LogP contribution is -2.49. The van der Waals surface area contributed by atoms with Crippen LogP contribution in [0.3, 0.4) is 0 Å². The van der Waals surface area contributed by atoms with Crippen LogP contribution in [0.4, 0.5) is 0 Å². The fraction of sp³-hybridized carbons (Fsp3) is 0.667. The van der Waals surface area contributed by atoms with Gasteiger partial charge < -0.3 is 10.2 Å². The molecule has 1 aliphatic heterocycles. The van der Waals surface area contributed by atoms with E-state index in [-0.39, 0.29) is 28.2 Å². The SMILES string of the molecule is CC1NC2C(=O)C(NCCN(C)C)=CC(=O)C2S1. The molecule has 5 nitrogen and oxygen atoms in total. The molecule has 2 aliphatic rings. The molecule has 2 rings (SSSR count). The highest BCUT2D eigenvalue weighted by atomic mass is 32.2. The molecular weight excluding hydrogens is 250 g/mol. The summed E-state index contributed by atoms with van der Waals surface area (Å²) < 4.78 is 0. The van der Waals surface area contributed by atoms with Crippen LogP contribution in [0.1, 0.15) is 6.92 Å². The zero-order valence-electron chi connectivity index (χ0n) is 10.9. The van der Waals surface area contributed by atoms with Gasteiger partial charge in [-0.25, -0.2) is 0 Å². The number of carbonyl (C=O) groups is 2. The lowest BCUT2D eigenvalue weighted by Gasteiger charge is -2.23. The van der Waals surface area contributed by atoms with Gasteiger partial charge in [0.25, 0.3) is 0 Å². The number of rotatable bonds is 4. The average molecular weight is 269 g/mol. The Labute approximate surface area is 111 Å². The summed E-state index contributed by atoms with van der Waals surface area (Å²) in [5.41, 5.74) is 0.449. The van der Waals surface area contributed by atoms with E-state index < -0.39 is 0 Å². The molecule has 2 N–H and O–H groups in total. The van der Waals surface area contributed by atoms with Gasteiger partial charge in [-0.2, -0.15) is 0 Å². The Balaban J connectivity index is 2.02. The molecule has 0 spiro atoms. The molecule has 1 fully saturated rings. The second-order valence-electron chi connectivity index (χ2n) is 4.90. The third kappa shape index (κ3) is 2.76. The van der Waals surface area contributed by atoms with Gasteiger partial charge in [0.05, 0.1) is 22.4 Å². The van der Waals surface area contributed by atoms with Crippen molar-refractivity contribution >= 4 is 23.3 Å². The number of hydrogen-bond acceptors (Lipinski definition) is 6. The molecule has 3 atom stereocenters. The lowest BCUT2D eigenvalue weighted by atomic mass is 9.96. The maximum atomic E-state index is 12.2. The monoisotopic (exact) mass is 269 g/mol. The Hall–Kier alpha value is -0.850. The van der Waals surface area contributed by atoms with Crippen LogP contribution in [0.5, 0.6) is 0 Å². The number of fused-ring (bicyclic) bond motifs is 1. The fourth-order valence-electron chi connectivity index (χ4n) is 2.14. The van der Waals surface area contributed by atoms with Gasteiger partial charge in [0.15, 0.2) is 11.6 Å². The van der Waals surface area contributed by atoms with Crippen LogP contribution in [0, 0.1) is 0 Å². The van der Waals surface area contributed by atoms with Gasteiger partial charge in [-0.1, -0.05) is 0 Å². The molecular formula is C12H19N3O2S. The Morgan fingerprint density at radius 2 is 2.17 bits per heavy atom. The zero-order chi connectivity index (χ0) is 13.3. The summed E-state index contributed by atoms with van der Waals surface area (Å²) >= 11 is 1.53. The number of allylic oxidation sites excluding steroid dienone is 1. The summed E-state index contributed by atoms with van der Waals surface area (Å²) in [6, 6.07) is -0.357. The number of thioether (sulfide) groups is 1. The topological polar surface area (TPSA) is 61.4 Å². The number of nitrogens with zero attached hydrogens (tertiary/aromatic N) is 1. The largest absolute Gasteiger partial charge is 0.381 e. The van der Waals surface area contributed by atoms with Gasteiger partial charge in [-0.15, -0.1) is 11.8 Å². The van der Waals surface area contributed by atoms with Crippen LogP contribution < -0.4 is 10.6 Å². The molecule has 100 valence electrons. The van der Waals surface area contributed by atoms with Crippen molar-refractivity contribution in [1.29, 1.82) is 0 Å². The number of ketones is 2. The van der Waals surface area contributed by atoms with Crippen LogP contribution >= 0.6 is 11.8 Å². The molecule has 0 saturated carbocycles. The van der Waals surface area contributed by atoms with Crippen molar-refractivity contribution in [2.45, 2.75) is 23.6 Å². The molecule has 18 heavy (non-hydrogen) atoms. The first-order valence-electron chi connectivity index (χ1n) is 6.09. The molecule has 3 unspecified atom stereocenters. The summed E-state index contributed by atoms with van der Waals surface area (Å²) in [6.45, 7) is 3.46. The Kier molecular flexibility index (Phi) is 4.09. The van der Waals surface area contributed by atoms with E-state index in [4.69, 9.17) is 0 Å². The van der Waals surface area contributed by atoms with Gasteiger partial charge in [0, 0.05) is 19.2 Å².